The molecular formula is C16H21N3OS. The smallest absolute Gasteiger partial charge is 0.229 e. The molecule has 1 aromatic carbocycles. The maximum absolute atomic E-state index is 11.6. The number of thioether (sulfide) groups is 1. The molecular weight excluding hydrogens is 282 g/mol. The third-order valence-corrected chi connectivity index (χ3v) is 4.81. The summed E-state index contributed by atoms with van der Waals surface area (Å²) in [5.41, 5.74) is 2.08. The van der Waals surface area contributed by atoms with Gasteiger partial charge in [0.15, 0.2) is 0 Å². The summed E-state index contributed by atoms with van der Waals surface area (Å²) in [4.78, 5) is 19.5. The number of nitrogens with zero attached hydrogens (tertiary/aromatic N) is 1. The fourth-order valence-electron chi connectivity index (χ4n) is 2.26. The topological polar surface area (TPSA) is 57.8 Å². The number of fused-ring (bicyclic) bond motifs is 1. The lowest BCUT2D eigenvalue weighted by Crippen LogP contribution is -2.26. The number of amides is 1. The normalized spacial score (nSPS) is 14.5. The summed E-state index contributed by atoms with van der Waals surface area (Å²) in [6.07, 6.45) is 4.49. The first-order chi connectivity index (χ1) is 10.3. The van der Waals surface area contributed by atoms with Gasteiger partial charge in [0.05, 0.1) is 16.8 Å². The monoisotopic (exact) mass is 303 g/mol. The third kappa shape index (κ3) is 4.49. The van der Waals surface area contributed by atoms with Crippen molar-refractivity contribution in [3.63, 3.8) is 0 Å². The van der Waals surface area contributed by atoms with E-state index in [4.69, 9.17) is 0 Å². The van der Waals surface area contributed by atoms with E-state index < -0.39 is 0 Å². The van der Waals surface area contributed by atoms with Crippen molar-refractivity contribution in [3.8, 4) is 0 Å². The number of nitrogens with one attached hydrogen (secondary N) is 2. The number of hydrogen-bond acceptors (Lipinski definition) is 3. The van der Waals surface area contributed by atoms with Gasteiger partial charge in [-0.2, -0.15) is 11.8 Å². The molecule has 0 bridgehead atoms. The van der Waals surface area contributed by atoms with Gasteiger partial charge in [0.25, 0.3) is 0 Å². The number of benzene rings is 1. The molecule has 0 atom stereocenters. The van der Waals surface area contributed by atoms with Crippen LogP contribution in [0.5, 0.6) is 0 Å². The Labute approximate surface area is 129 Å². The molecule has 3 rings (SSSR count). The van der Waals surface area contributed by atoms with E-state index in [0.717, 1.165) is 47.9 Å². The van der Waals surface area contributed by atoms with Crippen LogP contribution in [0.2, 0.25) is 0 Å². The Morgan fingerprint density at radius 3 is 3.05 bits per heavy atom. The zero-order valence-electron chi connectivity index (χ0n) is 12.1. The van der Waals surface area contributed by atoms with Gasteiger partial charge >= 0.3 is 0 Å². The predicted molar refractivity (Wildman–Crippen MR) is 87.5 cm³/mol. The molecule has 1 heterocycles. The number of aryl methyl sites for hydroxylation is 1. The molecule has 112 valence electrons. The fourth-order valence-corrected chi connectivity index (χ4v) is 3.33. The van der Waals surface area contributed by atoms with Crippen molar-refractivity contribution in [1.82, 2.24) is 15.3 Å². The van der Waals surface area contributed by atoms with Gasteiger partial charge in [-0.1, -0.05) is 12.1 Å². The fraction of sp³-hybridized carbons (Fsp3) is 0.500. The van der Waals surface area contributed by atoms with Crippen LogP contribution in [0, 0.1) is 5.92 Å². The summed E-state index contributed by atoms with van der Waals surface area (Å²) in [5.74, 6) is 3.78. The van der Waals surface area contributed by atoms with Crippen LogP contribution in [0.4, 0.5) is 0 Å². The average Bonchev–Trinajstić information content (AvgIpc) is 3.21. The number of aromatic nitrogens is 2. The van der Waals surface area contributed by atoms with Crippen molar-refractivity contribution < 1.29 is 4.79 Å². The molecule has 1 amide bonds. The number of carbonyl (C=O) groups is 1. The number of imidazole rings is 1. The van der Waals surface area contributed by atoms with E-state index in [1.165, 1.54) is 12.8 Å². The number of carbonyl (C=O) groups excluding carboxylic acids is 1. The van der Waals surface area contributed by atoms with E-state index in [1.54, 1.807) is 11.8 Å². The predicted octanol–water partition coefficient (Wildman–Crippen LogP) is 2.75. The molecule has 1 saturated carbocycles. The SMILES string of the molecule is O=C(CSCC1CC1)NCCCc1nc2ccccc2[nH]1. The Morgan fingerprint density at radius 2 is 2.24 bits per heavy atom. The minimum absolute atomic E-state index is 0.158. The first-order valence-electron chi connectivity index (χ1n) is 7.59. The third-order valence-electron chi connectivity index (χ3n) is 3.63. The zero-order valence-corrected chi connectivity index (χ0v) is 12.9. The van der Waals surface area contributed by atoms with Gasteiger partial charge < -0.3 is 10.3 Å². The van der Waals surface area contributed by atoms with Crippen LogP contribution in [-0.4, -0.2) is 33.9 Å². The van der Waals surface area contributed by atoms with Crippen LogP contribution >= 0.6 is 11.8 Å². The van der Waals surface area contributed by atoms with Crippen molar-refractivity contribution in [2.24, 2.45) is 5.92 Å². The lowest BCUT2D eigenvalue weighted by atomic mass is 10.3. The number of rotatable bonds is 8. The Morgan fingerprint density at radius 1 is 1.38 bits per heavy atom. The number of H-pyrrole nitrogens is 1. The molecule has 2 N–H and O–H groups in total. The van der Waals surface area contributed by atoms with Gasteiger partial charge in [0.2, 0.25) is 5.91 Å². The van der Waals surface area contributed by atoms with Crippen LogP contribution < -0.4 is 5.32 Å². The lowest BCUT2D eigenvalue weighted by molar-refractivity contribution is -0.118. The van der Waals surface area contributed by atoms with Crippen molar-refractivity contribution in [2.75, 3.05) is 18.1 Å². The van der Waals surface area contributed by atoms with Gasteiger partial charge in [-0.15, -0.1) is 0 Å². The molecule has 0 spiro atoms. The molecule has 0 aliphatic heterocycles. The summed E-state index contributed by atoms with van der Waals surface area (Å²) in [6, 6.07) is 8.04. The molecule has 0 radical (unpaired) electrons. The Balaban J connectivity index is 1.32. The maximum Gasteiger partial charge on any atom is 0.229 e. The number of hydrogen-bond donors (Lipinski definition) is 2. The van der Waals surface area contributed by atoms with E-state index in [9.17, 15) is 4.79 Å². The summed E-state index contributed by atoms with van der Waals surface area (Å²) < 4.78 is 0. The van der Waals surface area contributed by atoms with E-state index in [0.29, 0.717) is 5.75 Å². The van der Waals surface area contributed by atoms with E-state index in [2.05, 4.69) is 15.3 Å². The molecule has 1 aromatic heterocycles. The number of aromatic amines is 1. The van der Waals surface area contributed by atoms with Gasteiger partial charge in [-0.25, -0.2) is 4.98 Å². The van der Waals surface area contributed by atoms with Gasteiger partial charge in [-0.3, -0.25) is 4.79 Å². The Kier molecular flexibility index (Phi) is 4.80. The van der Waals surface area contributed by atoms with Crippen molar-refractivity contribution >= 4 is 28.7 Å². The highest BCUT2D eigenvalue weighted by molar-refractivity contribution is 7.99. The summed E-state index contributed by atoms with van der Waals surface area (Å²) in [6.45, 7) is 0.722. The van der Waals surface area contributed by atoms with Crippen molar-refractivity contribution in [2.45, 2.75) is 25.7 Å². The van der Waals surface area contributed by atoms with Crippen molar-refractivity contribution in [1.29, 1.82) is 0 Å². The lowest BCUT2D eigenvalue weighted by Gasteiger charge is -2.04. The minimum atomic E-state index is 0.158. The zero-order chi connectivity index (χ0) is 14.5. The van der Waals surface area contributed by atoms with Gasteiger partial charge in [-0.05, 0) is 43.1 Å². The molecule has 21 heavy (non-hydrogen) atoms. The first-order valence-corrected chi connectivity index (χ1v) is 8.75. The number of para-hydroxylation sites is 2. The molecule has 1 fully saturated rings. The molecule has 1 aliphatic carbocycles. The molecule has 1 aliphatic rings. The Bertz CT molecular complexity index is 573. The van der Waals surface area contributed by atoms with Crippen LogP contribution in [-0.2, 0) is 11.2 Å². The van der Waals surface area contributed by atoms with Gasteiger partial charge in [0.1, 0.15) is 5.82 Å². The summed E-state index contributed by atoms with van der Waals surface area (Å²) in [7, 11) is 0. The molecule has 2 aromatic rings. The van der Waals surface area contributed by atoms with Crippen LogP contribution in [0.25, 0.3) is 11.0 Å². The highest BCUT2D eigenvalue weighted by atomic mass is 32.2. The Hall–Kier alpha value is -1.49. The average molecular weight is 303 g/mol. The van der Waals surface area contributed by atoms with E-state index in [-0.39, 0.29) is 5.91 Å². The summed E-state index contributed by atoms with van der Waals surface area (Å²) >= 11 is 1.76. The highest BCUT2D eigenvalue weighted by Gasteiger charge is 2.21. The van der Waals surface area contributed by atoms with Crippen LogP contribution in [0.3, 0.4) is 0 Å². The second-order valence-corrected chi connectivity index (χ2v) is 6.64. The maximum atomic E-state index is 11.6. The summed E-state index contributed by atoms with van der Waals surface area (Å²) in [5, 5.41) is 2.98. The van der Waals surface area contributed by atoms with Gasteiger partial charge in [0, 0.05) is 13.0 Å². The molecule has 0 unspecified atom stereocenters. The second-order valence-electron chi connectivity index (χ2n) is 5.61. The molecule has 4 nitrogen and oxygen atoms in total. The quantitative estimate of drug-likeness (QED) is 0.737. The minimum Gasteiger partial charge on any atom is -0.355 e. The van der Waals surface area contributed by atoms with Crippen LogP contribution in [0.15, 0.2) is 24.3 Å². The van der Waals surface area contributed by atoms with E-state index in [1.807, 2.05) is 24.3 Å². The second kappa shape index (κ2) is 6.98. The van der Waals surface area contributed by atoms with Crippen molar-refractivity contribution in [3.05, 3.63) is 30.1 Å². The highest BCUT2D eigenvalue weighted by Crippen LogP contribution is 2.32. The molecule has 0 saturated heterocycles. The van der Waals surface area contributed by atoms with E-state index >= 15 is 0 Å². The first kappa shape index (κ1) is 14.4. The largest absolute Gasteiger partial charge is 0.355 e. The van der Waals surface area contributed by atoms with Crippen LogP contribution in [0.1, 0.15) is 25.1 Å². The molecule has 5 heteroatoms. The standard InChI is InChI=1S/C16H21N3OS/c20-16(11-21-10-12-7-8-12)17-9-3-6-15-18-13-4-1-2-5-14(13)19-15/h1-2,4-5,12H,3,6-11H2,(H,17,20)(H,18,19).